The van der Waals surface area contributed by atoms with Gasteiger partial charge in [0.15, 0.2) is 5.75 Å². The SMILES string of the molecule is CN1CCN(CCOc2c(-c3ccc(OC4CCN(C(=O)[C@H]5CCCO5)CC4)cc3)ccc3cccnc23)CC1.Cl. The topological polar surface area (TPSA) is 67.4 Å². The molecule has 0 aliphatic carbocycles. The largest absolute Gasteiger partial charge is 0.490 e. The summed E-state index contributed by atoms with van der Waals surface area (Å²) in [6, 6.07) is 16.6. The van der Waals surface area contributed by atoms with E-state index < -0.39 is 0 Å². The third kappa shape index (κ3) is 7.12. The zero-order chi connectivity index (χ0) is 27.3. The average Bonchev–Trinajstić information content (AvgIpc) is 3.54. The van der Waals surface area contributed by atoms with Gasteiger partial charge in [-0.05, 0) is 49.7 Å². The first-order valence-electron chi connectivity index (χ1n) is 14.7. The molecule has 1 atom stereocenters. The Morgan fingerprint density at radius 3 is 2.49 bits per heavy atom. The molecule has 0 radical (unpaired) electrons. The zero-order valence-corrected chi connectivity index (χ0v) is 24.7. The van der Waals surface area contributed by atoms with Gasteiger partial charge in [-0.1, -0.05) is 24.3 Å². The number of hydrogen-bond donors (Lipinski definition) is 0. The number of likely N-dealkylation sites (N-methyl/N-ethyl adjacent to an activating group) is 1. The van der Waals surface area contributed by atoms with Crippen molar-refractivity contribution in [1.29, 1.82) is 0 Å². The van der Waals surface area contributed by atoms with E-state index in [9.17, 15) is 4.79 Å². The number of amides is 1. The summed E-state index contributed by atoms with van der Waals surface area (Å²) in [6.45, 7) is 8.03. The van der Waals surface area contributed by atoms with Gasteiger partial charge in [0.2, 0.25) is 0 Å². The molecule has 0 N–H and O–H groups in total. The number of rotatable bonds is 8. The van der Waals surface area contributed by atoms with Gasteiger partial charge in [-0.15, -0.1) is 12.4 Å². The van der Waals surface area contributed by atoms with Crippen LogP contribution in [-0.2, 0) is 9.53 Å². The predicted molar refractivity (Wildman–Crippen MR) is 163 cm³/mol. The maximum Gasteiger partial charge on any atom is 0.251 e. The highest BCUT2D eigenvalue weighted by atomic mass is 35.5. The van der Waals surface area contributed by atoms with Gasteiger partial charge in [0.25, 0.3) is 5.91 Å². The molecule has 3 aromatic rings. The first-order valence-corrected chi connectivity index (χ1v) is 14.7. The number of piperidine rings is 1. The molecular formula is C32H41ClN4O4. The minimum absolute atomic E-state index is 0. The fourth-order valence-corrected chi connectivity index (χ4v) is 5.92. The van der Waals surface area contributed by atoms with E-state index in [2.05, 4.69) is 52.2 Å². The van der Waals surface area contributed by atoms with E-state index in [0.29, 0.717) is 13.2 Å². The zero-order valence-electron chi connectivity index (χ0n) is 23.9. The Balaban J connectivity index is 0.00000337. The average molecular weight is 581 g/mol. The third-order valence-electron chi connectivity index (χ3n) is 8.40. The van der Waals surface area contributed by atoms with Gasteiger partial charge in [-0.3, -0.25) is 14.7 Å². The minimum Gasteiger partial charge on any atom is -0.490 e. The fraction of sp³-hybridized carbons (Fsp3) is 0.500. The van der Waals surface area contributed by atoms with E-state index >= 15 is 0 Å². The van der Waals surface area contributed by atoms with Crippen molar-refractivity contribution in [3.63, 3.8) is 0 Å². The van der Waals surface area contributed by atoms with Crippen molar-refractivity contribution in [3.05, 3.63) is 54.7 Å². The summed E-state index contributed by atoms with van der Waals surface area (Å²) >= 11 is 0. The highest BCUT2D eigenvalue weighted by Crippen LogP contribution is 2.37. The van der Waals surface area contributed by atoms with Crippen LogP contribution in [0.15, 0.2) is 54.7 Å². The number of benzene rings is 2. The van der Waals surface area contributed by atoms with E-state index in [4.69, 9.17) is 14.2 Å². The van der Waals surface area contributed by atoms with Gasteiger partial charge in [0.05, 0.1) is 0 Å². The van der Waals surface area contributed by atoms with Crippen LogP contribution in [0.3, 0.4) is 0 Å². The van der Waals surface area contributed by atoms with Crippen LogP contribution < -0.4 is 9.47 Å². The molecule has 1 amide bonds. The van der Waals surface area contributed by atoms with Crippen molar-refractivity contribution in [2.75, 3.05) is 66.1 Å². The Hall–Kier alpha value is -2.91. The molecule has 3 aliphatic rings. The molecule has 0 spiro atoms. The van der Waals surface area contributed by atoms with E-state index in [0.717, 1.165) is 105 Å². The Labute approximate surface area is 249 Å². The maximum absolute atomic E-state index is 12.6. The van der Waals surface area contributed by atoms with Crippen molar-refractivity contribution in [3.8, 4) is 22.6 Å². The highest BCUT2D eigenvalue weighted by Gasteiger charge is 2.31. The number of nitrogens with zero attached hydrogens (tertiary/aromatic N) is 4. The second kappa shape index (κ2) is 13.8. The number of hydrogen-bond acceptors (Lipinski definition) is 7. The number of piperazine rings is 1. The minimum atomic E-state index is -0.240. The molecule has 8 nitrogen and oxygen atoms in total. The molecule has 3 aliphatic heterocycles. The molecule has 3 saturated heterocycles. The van der Waals surface area contributed by atoms with E-state index in [1.807, 2.05) is 29.3 Å². The van der Waals surface area contributed by atoms with Crippen LogP contribution >= 0.6 is 12.4 Å². The maximum atomic E-state index is 12.6. The summed E-state index contributed by atoms with van der Waals surface area (Å²) in [6.07, 6.45) is 5.19. The third-order valence-corrected chi connectivity index (χ3v) is 8.40. The monoisotopic (exact) mass is 580 g/mol. The van der Waals surface area contributed by atoms with E-state index in [1.165, 1.54) is 0 Å². The van der Waals surface area contributed by atoms with Gasteiger partial charge in [-0.25, -0.2) is 0 Å². The normalized spacial score (nSPS) is 20.6. The Morgan fingerprint density at radius 1 is 0.976 bits per heavy atom. The molecule has 41 heavy (non-hydrogen) atoms. The van der Waals surface area contributed by atoms with Gasteiger partial charge < -0.3 is 24.0 Å². The number of ether oxygens (including phenoxy) is 3. The summed E-state index contributed by atoms with van der Waals surface area (Å²) in [5.74, 6) is 1.83. The molecule has 0 saturated carbocycles. The van der Waals surface area contributed by atoms with Gasteiger partial charge >= 0.3 is 0 Å². The van der Waals surface area contributed by atoms with Gasteiger partial charge in [0.1, 0.15) is 30.1 Å². The summed E-state index contributed by atoms with van der Waals surface area (Å²) in [5, 5.41) is 1.07. The van der Waals surface area contributed by atoms with Gasteiger partial charge in [-0.2, -0.15) is 0 Å². The van der Waals surface area contributed by atoms with Crippen molar-refractivity contribution in [2.45, 2.75) is 37.9 Å². The molecule has 2 aromatic carbocycles. The number of pyridine rings is 1. The molecule has 6 rings (SSSR count). The van der Waals surface area contributed by atoms with Crippen LogP contribution in [0.2, 0.25) is 0 Å². The molecule has 3 fully saturated rings. The Morgan fingerprint density at radius 2 is 1.76 bits per heavy atom. The summed E-state index contributed by atoms with van der Waals surface area (Å²) in [4.78, 5) is 24.1. The second-order valence-corrected chi connectivity index (χ2v) is 11.2. The number of fused-ring (bicyclic) bond motifs is 1. The quantitative estimate of drug-likeness (QED) is 0.389. The number of carbonyl (C=O) groups excluding carboxylic acids is 1. The summed E-state index contributed by atoms with van der Waals surface area (Å²) in [7, 11) is 2.18. The Bertz CT molecular complexity index is 1280. The van der Waals surface area contributed by atoms with Crippen LogP contribution in [0.4, 0.5) is 0 Å². The second-order valence-electron chi connectivity index (χ2n) is 11.2. The van der Waals surface area contributed by atoms with Crippen LogP contribution in [0.1, 0.15) is 25.7 Å². The van der Waals surface area contributed by atoms with Crippen LogP contribution in [-0.4, -0.2) is 104 Å². The summed E-state index contributed by atoms with van der Waals surface area (Å²) in [5.41, 5.74) is 3.01. The lowest BCUT2D eigenvalue weighted by molar-refractivity contribution is -0.142. The summed E-state index contributed by atoms with van der Waals surface area (Å²) < 4.78 is 18.4. The molecule has 0 unspecified atom stereocenters. The first-order chi connectivity index (χ1) is 19.6. The van der Waals surface area contributed by atoms with Crippen LogP contribution in [0, 0.1) is 0 Å². The lowest BCUT2D eigenvalue weighted by Gasteiger charge is -2.33. The standard InChI is InChI=1S/C32H40N4O4.ClH/c1-34-17-19-35(20-18-34)21-23-39-31-28(11-8-25-4-2-14-33-30(25)31)24-6-9-26(10-7-24)40-27-12-15-36(16-13-27)32(37)29-5-3-22-38-29;/h2,4,6-11,14,27,29H,3,5,12-13,15-23H2,1H3;1H/t29-;/m1./s1. The lowest BCUT2D eigenvalue weighted by Crippen LogP contribution is -2.45. The predicted octanol–water partition coefficient (Wildman–Crippen LogP) is 4.50. The van der Waals surface area contributed by atoms with Crippen LogP contribution in [0.25, 0.3) is 22.0 Å². The number of carbonyl (C=O) groups is 1. The lowest BCUT2D eigenvalue weighted by atomic mass is 10.0. The van der Waals surface area contributed by atoms with Crippen molar-refractivity contribution in [2.24, 2.45) is 0 Å². The van der Waals surface area contributed by atoms with Gasteiger partial charge in [0, 0.05) is 82.4 Å². The highest BCUT2D eigenvalue weighted by molar-refractivity contribution is 5.92. The number of aromatic nitrogens is 1. The molecule has 4 heterocycles. The molecule has 9 heteroatoms. The smallest absolute Gasteiger partial charge is 0.251 e. The van der Waals surface area contributed by atoms with Crippen molar-refractivity contribution < 1.29 is 19.0 Å². The molecule has 1 aromatic heterocycles. The molecule has 220 valence electrons. The van der Waals surface area contributed by atoms with Crippen molar-refractivity contribution in [1.82, 2.24) is 19.7 Å². The number of likely N-dealkylation sites (tertiary alicyclic amines) is 1. The molecule has 0 bridgehead atoms. The van der Waals surface area contributed by atoms with E-state index in [-0.39, 0.29) is 30.5 Å². The first kappa shape index (κ1) is 29.6. The van der Waals surface area contributed by atoms with Crippen molar-refractivity contribution >= 4 is 29.2 Å². The molecular weight excluding hydrogens is 540 g/mol. The number of halogens is 1. The van der Waals surface area contributed by atoms with E-state index in [1.54, 1.807) is 0 Å². The Kier molecular flexibility index (Phi) is 9.98. The fourth-order valence-electron chi connectivity index (χ4n) is 5.92. The van der Waals surface area contributed by atoms with Crippen LogP contribution in [0.5, 0.6) is 11.5 Å².